The van der Waals surface area contributed by atoms with Crippen LogP contribution in [-0.2, 0) is 4.79 Å². The Morgan fingerprint density at radius 3 is 2.88 bits per heavy atom. The Kier molecular flexibility index (Phi) is 4.90. The van der Waals surface area contributed by atoms with Gasteiger partial charge in [-0.25, -0.2) is 4.98 Å². The van der Waals surface area contributed by atoms with E-state index in [1.54, 1.807) is 32.3 Å². The Morgan fingerprint density at radius 2 is 2.35 bits per heavy atom. The van der Waals surface area contributed by atoms with Gasteiger partial charge in [0.25, 0.3) is 0 Å². The molecule has 0 aliphatic rings. The highest BCUT2D eigenvalue weighted by atomic mass is 16.3. The van der Waals surface area contributed by atoms with Gasteiger partial charge in [0.2, 0.25) is 5.91 Å². The molecule has 1 amide bonds. The topological polar surface area (TPSA) is 65.5 Å². The predicted octanol–water partition coefficient (Wildman–Crippen LogP) is 0.707. The van der Waals surface area contributed by atoms with Gasteiger partial charge in [0.05, 0.1) is 12.6 Å². The van der Waals surface area contributed by atoms with Crippen molar-refractivity contribution in [3.63, 3.8) is 0 Å². The number of carbonyl (C=O) groups is 1. The molecule has 0 aliphatic carbocycles. The van der Waals surface area contributed by atoms with Crippen molar-refractivity contribution < 1.29 is 9.90 Å². The van der Waals surface area contributed by atoms with Crippen molar-refractivity contribution in [1.82, 2.24) is 10.3 Å². The van der Waals surface area contributed by atoms with Crippen LogP contribution in [0.2, 0.25) is 0 Å². The predicted molar refractivity (Wildman–Crippen MR) is 66.8 cm³/mol. The molecule has 17 heavy (non-hydrogen) atoms. The molecule has 0 unspecified atom stereocenters. The largest absolute Gasteiger partial charge is 0.389 e. The number of amides is 1. The standard InChI is InChI=1S/C12H19N3O2/c1-4-15(8-12(17)13-3)11-7-10(9(2)16)5-6-14-11/h5-7,9,16H,4,8H2,1-3H3,(H,13,17)/t9-/m1/s1. The second-order valence-electron chi connectivity index (χ2n) is 3.81. The van der Waals surface area contributed by atoms with Crippen LogP contribution < -0.4 is 10.2 Å². The number of hydrogen-bond acceptors (Lipinski definition) is 4. The van der Waals surface area contributed by atoms with Crippen LogP contribution in [-0.4, -0.2) is 36.1 Å². The summed E-state index contributed by atoms with van der Waals surface area (Å²) in [5.41, 5.74) is 0.797. The lowest BCUT2D eigenvalue weighted by Gasteiger charge is -2.21. The molecule has 1 rings (SSSR count). The Hall–Kier alpha value is -1.62. The minimum Gasteiger partial charge on any atom is -0.389 e. The van der Waals surface area contributed by atoms with Crippen molar-refractivity contribution in [1.29, 1.82) is 0 Å². The molecule has 1 atom stereocenters. The highest BCUT2D eigenvalue weighted by molar-refractivity contribution is 5.80. The second kappa shape index (κ2) is 6.20. The SMILES string of the molecule is CCN(CC(=O)NC)c1cc([C@@H](C)O)ccn1. The molecule has 5 nitrogen and oxygen atoms in total. The maximum Gasteiger partial charge on any atom is 0.239 e. The first-order valence-electron chi connectivity index (χ1n) is 5.68. The van der Waals surface area contributed by atoms with Gasteiger partial charge in [-0.3, -0.25) is 4.79 Å². The number of rotatable bonds is 5. The summed E-state index contributed by atoms with van der Waals surface area (Å²) in [6, 6.07) is 3.57. The monoisotopic (exact) mass is 237 g/mol. The van der Waals surface area contributed by atoms with Crippen molar-refractivity contribution in [3.8, 4) is 0 Å². The number of anilines is 1. The van der Waals surface area contributed by atoms with E-state index in [0.717, 1.165) is 5.56 Å². The number of likely N-dealkylation sites (N-methyl/N-ethyl adjacent to an activating group) is 2. The normalized spacial score (nSPS) is 12.0. The van der Waals surface area contributed by atoms with Crippen LogP contribution in [0.25, 0.3) is 0 Å². The molecule has 1 aromatic heterocycles. The van der Waals surface area contributed by atoms with Crippen molar-refractivity contribution in [2.24, 2.45) is 0 Å². The Labute approximate surface area is 101 Å². The lowest BCUT2D eigenvalue weighted by atomic mass is 10.1. The molecule has 1 aromatic rings. The average molecular weight is 237 g/mol. The molecule has 0 fully saturated rings. The van der Waals surface area contributed by atoms with Crippen LogP contribution in [0.15, 0.2) is 18.3 Å². The van der Waals surface area contributed by atoms with Gasteiger partial charge in [-0.1, -0.05) is 0 Å². The number of aliphatic hydroxyl groups excluding tert-OH is 1. The summed E-state index contributed by atoms with van der Waals surface area (Å²) >= 11 is 0. The fourth-order valence-electron chi connectivity index (χ4n) is 1.47. The third-order valence-electron chi connectivity index (χ3n) is 2.57. The molecular formula is C12H19N3O2. The third-order valence-corrected chi connectivity index (χ3v) is 2.57. The summed E-state index contributed by atoms with van der Waals surface area (Å²) in [7, 11) is 1.61. The number of nitrogens with one attached hydrogen (secondary N) is 1. The highest BCUT2D eigenvalue weighted by Gasteiger charge is 2.11. The molecule has 0 spiro atoms. The molecule has 2 N–H and O–H groups in total. The van der Waals surface area contributed by atoms with Crippen LogP contribution in [0, 0.1) is 0 Å². The average Bonchev–Trinajstić information content (AvgIpc) is 2.35. The summed E-state index contributed by atoms with van der Waals surface area (Å²) in [5.74, 6) is 0.644. The van der Waals surface area contributed by atoms with Gasteiger partial charge < -0.3 is 15.3 Å². The van der Waals surface area contributed by atoms with E-state index in [-0.39, 0.29) is 12.5 Å². The zero-order valence-electron chi connectivity index (χ0n) is 10.5. The van der Waals surface area contributed by atoms with E-state index in [4.69, 9.17) is 0 Å². The number of hydrogen-bond donors (Lipinski definition) is 2. The first kappa shape index (κ1) is 13.4. The van der Waals surface area contributed by atoms with Crippen molar-refractivity contribution in [3.05, 3.63) is 23.9 Å². The third kappa shape index (κ3) is 3.71. The van der Waals surface area contributed by atoms with Crippen LogP contribution in [0.5, 0.6) is 0 Å². The second-order valence-corrected chi connectivity index (χ2v) is 3.81. The van der Waals surface area contributed by atoms with Crippen molar-refractivity contribution in [2.45, 2.75) is 20.0 Å². The molecule has 0 bridgehead atoms. The van der Waals surface area contributed by atoms with E-state index in [9.17, 15) is 9.90 Å². The quantitative estimate of drug-likeness (QED) is 0.791. The zero-order chi connectivity index (χ0) is 12.8. The van der Waals surface area contributed by atoms with E-state index in [2.05, 4.69) is 10.3 Å². The fourth-order valence-corrected chi connectivity index (χ4v) is 1.47. The molecular weight excluding hydrogens is 218 g/mol. The number of carbonyl (C=O) groups excluding carboxylic acids is 1. The number of aromatic nitrogens is 1. The lowest BCUT2D eigenvalue weighted by molar-refractivity contribution is -0.119. The summed E-state index contributed by atoms with van der Waals surface area (Å²) in [6.45, 7) is 4.61. The first-order valence-corrected chi connectivity index (χ1v) is 5.68. The molecule has 0 saturated carbocycles. The zero-order valence-corrected chi connectivity index (χ0v) is 10.5. The van der Waals surface area contributed by atoms with Crippen LogP contribution in [0.4, 0.5) is 5.82 Å². The van der Waals surface area contributed by atoms with E-state index < -0.39 is 6.10 Å². The minimum absolute atomic E-state index is 0.0592. The maximum atomic E-state index is 11.3. The Balaban J connectivity index is 2.88. The molecule has 0 saturated heterocycles. The van der Waals surface area contributed by atoms with E-state index in [1.807, 2.05) is 11.8 Å². The number of nitrogens with zero attached hydrogens (tertiary/aromatic N) is 2. The highest BCUT2D eigenvalue weighted by Crippen LogP contribution is 2.17. The summed E-state index contributed by atoms with van der Waals surface area (Å²) in [5, 5.41) is 12.1. The van der Waals surface area contributed by atoms with Crippen LogP contribution >= 0.6 is 0 Å². The number of pyridine rings is 1. The Bertz CT molecular complexity index is 380. The number of aliphatic hydroxyl groups is 1. The first-order chi connectivity index (χ1) is 8.08. The summed E-state index contributed by atoms with van der Waals surface area (Å²) in [4.78, 5) is 17.4. The van der Waals surface area contributed by atoms with Gasteiger partial charge in [0.1, 0.15) is 5.82 Å². The molecule has 0 aromatic carbocycles. The smallest absolute Gasteiger partial charge is 0.239 e. The van der Waals surface area contributed by atoms with Crippen LogP contribution in [0.1, 0.15) is 25.5 Å². The fraction of sp³-hybridized carbons (Fsp3) is 0.500. The van der Waals surface area contributed by atoms with Crippen molar-refractivity contribution in [2.75, 3.05) is 25.0 Å². The summed E-state index contributed by atoms with van der Waals surface area (Å²) < 4.78 is 0. The molecule has 1 heterocycles. The van der Waals surface area contributed by atoms with Gasteiger partial charge in [-0.2, -0.15) is 0 Å². The van der Waals surface area contributed by atoms with Gasteiger partial charge >= 0.3 is 0 Å². The van der Waals surface area contributed by atoms with E-state index >= 15 is 0 Å². The maximum absolute atomic E-state index is 11.3. The van der Waals surface area contributed by atoms with Gasteiger partial charge in [0.15, 0.2) is 0 Å². The minimum atomic E-state index is -0.532. The lowest BCUT2D eigenvalue weighted by Crippen LogP contribution is -2.36. The molecule has 0 aliphatic heterocycles. The van der Waals surface area contributed by atoms with Gasteiger partial charge in [0, 0.05) is 19.8 Å². The van der Waals surface area contributed by atoms with E-state index in [0.29, 0.717) is 12.4 Å². The molecule has 94 valence electrons. The summed E-state index contributed by atoms with van der Waals surface area (Å²) in [6.07, 6.45) is 1.11. The van der Waals surface area contributed by atoms with Gasteiger partial charge in [-0.05, 0) is 31.5 Å². The van der Waals surface area contributed by atoms with Crippen LogP contribution in [0.3, 0.4) is 0 Å². The van der Waals surface area contributed by atoms with E-state index in [1.165, 1.54) is 0 Å². The molecule has 5 heteroatoms. The van der Waals surface area contributed by atoms with Gasteiger partial charge in [-0.15, -0.1) is 0 Å². The van der Waals surface area contributed by atoms with Crippen molar-refractivity contribution >= 4 is 11.7 Å². The molecule has 0 radical (unpaired) electrons. The Morgan fingerprint density at radius 1 is 1.65 bits per heavy atom.